The van der Waals surface area contributed by atoms with Crippen LogP contribution in [0.1, 0.15) is 23.3 Å². The Morgan fingerprint density at radius 2 is 1.94 bits per heavy atom. The number of nitrogens with two attached hydrogens (primary N) is 1. The number of hydrogen-bond acceptors (Lipinski definition) is 6. The number of carbonyl (C=O) groups is 2. The van der Waals surface area contributed by atoms with E-state index in [0.29, 0.717) is 17.7 Å². The molecule has 0 unspecified atom stereocenters. The lowest BCUT2D eigenvalue weighted by Crippen LogP contribution is -2.10. The first-order chi connectivity index (χ1) is 8.62. The molecule has 18 heavy (non-hydrogen) atoms. The second-order valence-corrected chi connectivity index (χ2v) is 3.70. The zero-order valence-electron chi connectivity index (χ0n) is 10.5. The molecule has 100 valence electrons. The van der Waals surface area contributed by atoms with Crippen molar-refractivity contribution in [2.24, 2.45) is 5.73 Å². The predicted octanol–water partition coefficient (Wildman–Crippen LogP) is 0.559. The van der Waals surface area contributed by atoms with E-state index in [2.05, 4.69) is 9.47 Å². The summed E-state index contributed by atoms with van der Waals surface area (Å²) in [5.74, 6) is -0.139. The molecule has 0 aliphatic carbocycles. The van der Waals surface area contributed by atoms with Crippen LogP contribution in [0.3, 0.4) is 0 Å². The second kappa shape index (κ2) is 6.80. The molecule has 0 atom stereocenters. The number of hydrogen-bond donors (Lipinski definition) is 1. The fourth-order valence-electron chi connectivity index (χ4n) is 1.61. The van der Waals surface area contributed by atoms with Crippen LogP contribution in [0, 0.1) is 0 Å². The van der Waals surface area contributed by atoms with Gasteiger partial charge in [-0.3, -0.25) is 9.59 Å². The van der Waals surface area contributed by atoms with Crippen LogP contribution >= 0.6 is 0 Å². The molecule has 0 spiro atoms. The van der Waals surface area contributed by atoms with Gasteiger partial charge in [0, 0.05) is 12.0 Å². The van der Waals surface area contributed by atoms with Gasteiger partial charge in [-0.1, -0.05) is 0 Å². The quantitative estimate of drug-likeness (QED) is 0.747. The van der Waals surface area contributed by atoms with Crippen molar-refractivity contribution >= 4 is 11.9 Å². The average Bonchev–Trinajstić information content (AvgIpc) is 2.77. The maximum atomic E-state index is 11.3. The molecular formula is C12H17NO5. The predicted molar refractivity (Wildman–Crippen MR) is 62.7 cm³/mol. The number of ether oxygens (including phenoxy) is 2. The minimum absolute atomic E-state index is 0.0933. The van der Waals surface area contributed by atoms with Crippen molar-refractivity contribution in [3.63, 3.8) is 0 Å². The Labute approximate surface area is 105 Å². The standard InChI is InChI=1S/C12H17NO5/c1-16-11(14)4-3-8-7-18-10(6-13)9(8)5-12(15)17-2/h7H,3-6,13H2,1-2H3. The summed E-state index contributed by atoms with van der Waals surface area (Å²) < 4.78 is 14.4. The molecule has 6 heteroatoms. The Morgan fingerprint density at radius 3 is 2.50 bits per heavy atom. The highest BCUT2D eigenvalue weighted by molar-refractivity contribution is 5.73. The van der Waals surface area contributed by atoms with Crippen molar-refractivity contribution in [1.82, 2.24) is 0 Å². The molecule has 1 aromatic heterocycles. The highest BCUT2D eigenvalue weighted by Gasteiger charge is 2.17. The molecule has 0 amide bonds. The lowest BCUT2D eigenvalue weighted by Gasteiger charge is -2.03. The molecule has 0 bridgehead atoms. The molecule has 1 rings (SSSR count). The lowest BCUT2D eigenvalue weighted by atomic mass is 10.0. The highest BCUT2D eigenvalue weighted by atomic mass is 16.5. The molecule has 0 saturated carbocycles. The van der Waals surface area contributed by atoms with Crippen LogP contribution < -0.4 is 5.73 Å². The maximum absolute atomic E-state index is 11.3. The lowest BCUT2D eigenvalue weighted by molar-refractivity contribution is -0.141. The van der Waals surface area contributed by atoms with Crippen molar-refractivity contribution in [2.45, 2.75) is 25.8 Å². The van der Waals surface area contributed by atoms with Crippen LogP contribution in [0.4, 0.5) is 0 Å². The Balaban J connectivity index is 2.80. The van der Waals surface area contributed by atoms with Gasteiger partial charge in [-0.15, -0.1) is 0 Å². The molecule has 0 aliphatic heterocycles. The van der Waals surface area contributed by atoms with Crippen LogP contribution in [-0.2, 0) is 38.4 Å². The minimum atomic E-state index is -0.370. The smallest absolute Gasteiger partial charge is 0.310 e. The average molecular weight is 255 g/mol. The van der Waals surface area contributed by atoms with Gasteiger partial charge in [-0.25, -0.2) is 0 Å². The minimum Gasteiger partial charge on any atom is -0.469 e. The summed E-state index contributed by atoms with van der Waals surface area (Å²) in [6, 6.07) is 0. The maximum Gasteiger partial charge on any atom is 0.310 e. The SMILES string of the molecule is COC(=O)CCc1coc(CN)c1CC(=O)OC. The monoisotopic (exact) mass is 255 g/mol. The van der Waals surface area contributed by atoms with E-state index in [4.69, 9.17) is 10.2 Å². The third-order valence-electron chi connectivity index (χ3n) is 2.63. The number of aryl methyl sites for hydroxylation is 1. The van der Waals surface area contributed by atoms with E-state index < -0.39 is 0 Å². The molecular weight excluding hydrogens is 238 g/mol. The molecule has 0 radical (unpaired) electrons. The summed E-state index contributed by atoms with van der Waals surface area (Å²) >= 11 is 0. The zero-order valence-corrected chi connectivity index (χ0v) is 10.5. The van der Waals surface area contributed by atoms with Gasteiger partial charge in [0.05, 0.1) is 33.4 Å². The van der Waals surface area contributed by atoms with Gasteiger partial charge < -0.3 is 19.6 Å². The molecule has 0 aliphatic rings. The van der Waals surface area contributed by atoms with Crippen molar-refractivity contribution < 1.29 is 23.5 Å². The summed E-state index contributed by atoms with van der Waals surface area (Å²) in [4.78, 5) is 22.4. The molecule has 1 heterocycles. The van der Waals surface area contributed by atoms with Gasteiger partial charge in [0.2, 0.25) is 0 Å². The Bertz CT molecular complexity index is 424. The van der Waals surface area contributed by atoms with Crippen LogP contribution in [0.15, 0.2) is 10.7 Å². The molecule has 0 aromatic carbocycles. The van der Waals surface area contributed by atoms with Crippen LogP contribution in [0.2, 0.25) is 0 Å². The fraction of sp³-hybridized carbons (Fsp3) is 0.500. The summed E-state index contributed by atoms with van der Waals surface area (Å²) in [6.07, 6.45) is 2.29. The largest absolute Gasteiger partial charge is 0.469 e. The molecule has 6 nitrogen and oxygen atoms in total. The van der Waals surface area contributed by atoms with Crippen LogP contribution in [-0.4, -0.2) is 26.2 Å². The number of carbonyl (C=O) groups excluding carboxylic acids is 2. The van der Waals surface area contributed by atoms with Crippen LogP contribution in [0.25, 0.3) is 0 Å². The number of esters is 2. The van der Waals surface area contributed by atoms with Gasteiger partial charge >= 0.3 is 11.9 Å². The fourth-order valence-corrected chi connectivity index (χ4v) is 1.61. The van der Waals surface area contributed by atoms with Gasteiger partial charge in [0.25, 0.3) is 0 Å². The van der Waals surface area contributed by atoms with E-state index in [0.717, 1.165) is 5.56 Å². The number of methoxy groups -OCH3 is 2. The first kappa shape index (κ1) is 14.2. The Morgan fingerprint density at radius 1 is 1.28 bits per heavy atom. The zero-order chi connectivity index (χ0) is 13.5. The summed E-state index contributed by atoms with van der Waals surface area (Å²) in [7, 11) is 2.65. The van der Waals surface area contributed by atoms with Crippen molar-refractivity contribution in [3.05, 3.63) is 23.2 Å². The topological polar surface area (TPSA) is 91.8 Å². The van der Waals surface area contributed by atoms with Gasteiger partial charge in [0.15, 0.2) is 0 Å². The third-order valence-corrected chi connectivity index (χ3v) is 2.63. The van der Waals surface area contributed by atoms with Crippen molar-refractivity contribution in [1.29, 1.82) is 0 Å². The van der Waals surface area contributed by atoms with E-state index in [1.807, 2.05) is 0 Å². The molecule has 0 saturated heterocycles. The van der Waals surface area contributed by atoms with E-state index in [1.54, 1.807) is 0 Å². The number of furan rings is 1. The van der Waals surface area contributed by atoms with E-state index in [9.17, 15) is 9.59 Å². The number of rotatable bonds is 6. The van der Waals surface area contributed by atoms with Crippen LogP contribution in [0.5, 0.6) is 0 Å². The normalized spacial score (nSPS) is 10.2. The second-order valence-electron chi connectivity index (χ2n) is 3.70. The summed E-state index contributed by atoms with van der Waals surface area (Å²) in [6.45, 7) is 0.199. The van der Waals surface area contributed by atoms with E-state index in [1.165, 1.54) is 20.5 Å². The third kappa shape index (κ3) is 3.59. The van der Waals surface area contributed by atoms with Gasteiger partial charge in [0.1, 0.15) is 5.76 Å². The van der Waals surface area contributed by atoms with Crippen molar-refractivity contribution in [3.8, 4) is 0 Å². The Kier molecular flexibility index (Phi) is 5.38. The highest BCUT2D eigenvalue weighted by Crippen LogP contribution is 2.20. The molecule has 0 fully saturated rings. The molecule has 2 N–H and O–H groups in total. The van der Waals surface area contributed by atoms with Crippen molar-refractivity contribution in [2.75, 3.05) is 14.2 Å². The first-order valence-electron chi connectivity index (χ1n) is 5.54. The van der Waals surface area contributed by atoms with E-state index in [-0.39, 0.29) is 31.3 Å². The van der Waals surface area contributed by atoms with Gasteiger partial charge in [-0.2, -0.15) is 0 Å². The Hall–Kier alpha value is -1.82. The summed E-state index contributed by atoms with van der Waals surface area (Å²) in [5, 5.41) is 0. The molecule has 1 aromatic rings. The summed E-state index contributed by atoms with van der Waals surface area (Å²) in [5.41, 5.74) is 7.01. The first-order valence-corrected chi connectivity index (χ1v) is 5.54. The van der Waals surface area contributed by atoms with E-state index >= 15 is 0 Å². The van der Waals surface area contributed by atoms with Gasteiger partial charge in [-0.05, 0) is 12.0 Å².